The van der Waals surface area contributed by atoms with Gasteiger partial charge in [0.1, 0.15) is 5.00 Å². The predicted octanol–water partition coefficient (Wildman–Crippen LogP) is 5.81. The lowest BCUT2D eigenvalue weighted by atomic mass is 10.3. The van der Waals surface area contributed by atoms with Crippen molar-refractivity contribution in [2.45, 2.75) is 0 Å². The molecule has 0 aliphatic heterocycles. The number of rotatable bonds is 5. The molecular weight excluding hydrogens is 334 g/mol. The summed E-state index contributed by atoms with van der Waals surface area (Å²) in [4.78, 5) is 12.4. The molecule has 1 aromatic carbocycles. The Bertz CT molecular complexity index is 853. The number of benzene rings is 1. The molecule has 0 spiro atoms. The van der Waals surface area contributed by atoms with Crippen LogP contribution in [0.1, 0.15) is 0 Å². The van der Waals surface area contributed by atoms with Crippen LogP contribution in [-0.4, -0.2) is 12.0 Å². The molecule has 0 bridgehead atoms. The molecule has 2 heterocycles. The average molecular weight is 345 g/mol. The third kappa shape index (κ3) is 3.61. The molecule has 0 atom stereocenters. The van der Waals surface area contributed by atoms with Gasteiger partial charge in [-0.1, -0.05) is 11.3 Å². The minimum atomic E-state index is -0.443. The van der Waals surface area contributed by atoms with E-state index < -0.39 is 4.92 Å². The molecule has 6 nitrogen and oxygen atoms in total. The molecule has 0 saturated heterocycles. The lowest BCUT2D eigenvalue weighted by Crippen LogP contribution is -1.85. The molecule has 116 valence electrons. The zero-order valence-electron chi connectivity index (χ0n) is 12.0. The Balaban J connectivity index is 1.74. The van der Waals surface area contributed by atoms with Crippen LogP contribution in [0.25, 0.3) is 9.75 Å². The van der Waals surface area contributed by atoms with E-state index in [1.54, 1.807) is 30.6 Å². The highest BCUT2D eigenvalue weighted by Crippen LogP contribution is 2.39. The minimum Gasteiger partial charge on any atom is -0.487 e. The van der Waals surface area contributed by atoms with Gasteiger partial charge in [0, 0.05) is 21.9 Å². The molecular formula is C15H11N3O3S2. The van der Waals surface area contributed by atoms with Crippen molar-refractivity contribution in [3.05, 3.63) is 58.6 Å². The maximum absolute atomic E-state index is 10.6. The summed E-state index contributed by atoms with van der Waals surface area (Å²) in [6.07, 6.45) is 0. The Kier molecular flexibility index (Phi) is 4.45. The van der Waals surface area contributed by atoms with Gasteiger partial charge < -0.3 is 4.74 Å². The zero-order chi connectivity index (χ0) is 16.2. The Morgan fingerprint density at radius 1 is 0.957 bits per heavy atom. The fourth-order valence-corrected chi connectivity index (χ4v) is 3.56. The van der Waals surface area contributed by atoms with Crippen LogP contribution in [0, 0.1) is 10.1 Å². The number of methoxy groups -OCH3 is 1. The lowest BCUT2D eigenvalue weighted by Gasteiger charge is -1.92. The van der Waals surface area contributed by atoms with Crippen molar-refractivity contribution in [1.29, 1.82) is 0 Å². The zero-order valence-corrected chi connectivity index (χ0v) is 13.6. The summed E-state index contributed by atoms with van der Waals surface area (Å²) in [5, 5.41) is 20.5. The van der Waals surface area contributed by atoms with Gasteiger partial charge in [-0.3, -0.25) is 10.1 Å². The maximum Gasteiger partial charge on any atom is 0.269 e. The molecule has 0 amide bonds. The Morgan fingerprint density at radius 2 is 1.65 bits per heavy atom. The molecule has 3 rings (SSSR count). The maximum atomic E-state index is 10.6. The van der Waals surface area contributed by atoms with Gasteiger partial charge in [0.05, 0.1) is 17.7 Å². The molecule has 8 heteroatoms. The van der Waals surface area contributed by atoms with Gasteiger partial charge in [-0.2, -0.15) is 0 Å². The summed E-state index contributed by atoms with van der Waals surface area (Å²) in [5.41, 5.74) is 0.609. The van der Waals surface area contributed by atoms with Crippen molar-refractivity contribution in [3.8, 4) is 14.8 Å². The number of hydrogen-bond donors (Lipinski definition) is 0. The van der Waals surface area contributed by atoms with Gasteiger partial charge in [-0.15, -0.1) is 21.6 Å². The van der Waals surface area contributed by atoms with Crippen LogP contribution in [0.3, 0.4) is 0 Å². The van der Waals surface area contributed by atoms with Gasteiger partial charge in [0.25, 0.3) is 5.69 Å². The van der Waals surface area contributed by atoms with E-state index in [1.165, 1.54) is 23.5 Å². The summed E-state index contributed by atoms with van der Waals surface area (Å²) in [6.45, 7) is 0. The summed E-state index contributed by atoms with van der Waals surface area (Å²) >= 11 is 3.09. The second-order valence-corrected chi connectivity index (χ2v) is 6.54. The minimum absolute atomic E-state index is 0.0361. The first-order chi connectivity index (χ1) is 11.2. The third-order valence-corrected chi connectivity index (χ3v) is 5.15. The number of hydrogen-bond acceptors (Lipinski definition) is 7. The highest BCUT2D eigenvalue weighted by molar-refractivity contribution is 7.24. The van der Waals surface area contributed by atoms with E-state index in [2.05, 4.69) is 10.2 Å². The molecule has 0 unspecified atom stereocenters. The molecule has 0 saturated carbocycles. The molecule has 23 heavy (non-hydrogen) atoms. The fraction of sp³-hybridized carbons (Fsp3) is 0.0667. The highest BCUT2D eigenvalue weighted by atomic mass is 32.1. The van der Waals surface area contributed by atoms with Crippen molar-refractivity contribution in [1.82, 2.24) is 0 Å². The number of azo groups is 1. The van der Waals surface area contributed by atoms with Gasteiger partial charge in [-0.05, 0) is 36.4 Å². The fourth-order valence-electron chi connectivity index (χ4n) is 1.82. The van der Waals surface area contributed by atoms with Crippen LogP contribution in [0.5, 0.6) is 5.06 Å². The standard InChI is InChI=1S/C15H11N3O3S2/c1-21-15-9-7-13(23-15)12-6-8-14(22-12)17-16-10-2-4-11(5-3-10)18(19)20/h2-9H,1H3. The van der Waals surface area contributed by atoms with Gasteiger partial charge in [0.2, 0.25) is 0 Å². The SMILES string of the molecule is COc1ccc(-c2ccc(N=Nc3ccc([N+](=O)[O-])cc3)s2)s1. The predicted molar refractivity (Wildman–Crippen MR) is 91.5 cm³/mol. The van der Waals surface area contributed by atoms with E-state index in [0.717, 1.165) is 19.8 Å². The monoisotopic (exact) mass is 345 g/mol. The van der Waals surface area contributed by atoms with Crippen molar-refractivity contribution in [3.63, 3.8) is 0 Å². The first kappa shape index (κ1) is 15.3. The molecule has 0 N–H and O–H groups in total. The number of ether oxygens (including phenoxy) is 1. The number of nitro groups is 1. The Labute approximate surface area is 139 Å². The second-order valence-electron chi connectivity index (χ2n) is 4.43. The summed E-state index contributed by atoms with van der Waals surface area (Å²) in [6, 6.07) is 13.8. The van der Waals surface area contributed by atoms with Crippen LogP contribution < -0.4 is 4.74 Å². The Hall–Kier alpha value is -2.58. The van der Waals surface area contributed by atoms with E-state index in [-0.39, 0.29) is 5.69 Å². The summed E-state index contributed by atoms with van der Waals surface area (Å²) < 4.78 is 5.19. The van der Waals surface area contributed by atoms with Crippen molar-refractivity contribution < 1.29 is 9.66 Å². The van der Waals surface area contributed by atoms with Crippen LogP contribution in [-0.2, 0) is 0 Å². The second kappa shape index (κ2) is 6.67. The molecule has 2 aromatic heterocycles. The molecule has 0 aliphatic rings. The van der Waals surface area contributed by atoms with Gasteiger partial charge in [0.15, 0.2) is 5.06 Å². The molecule has 0 aliphatic carbocycles. The summed E-state index contributed by atoms with van der Waals surface area (Å²) in [5.74, 6) is 0. The van der Waals surface area contributed by atoms with E-state index in [1.807, 2.05) is 24.3 Å². The quantitative estimate of drug-likeness (QED) is 0.332. The lowest BCUT2D eigenvalue weighted by molar-refractivity contribution is -0.384. The molecule has 0 fully saturated rings. The van der Waals surface area contributed by atoms with Crippen LogP contribution in [0.2, 0.25) is 0 Å². The topological polar surface area (TPSA) is 77.1 Å². The first-order valence-electron chi connectivity index (χ1n) is 6.56. The van der Waals surface area contributed by atoms with E-state index in [0.29, 0.717) is 5.69 Å². The number of nitro benzene ring substituents is 1. The third-order valence-electron chi connectivity index (χ3n) is 2.94. The normalized spacial score (nSPS) is 11.0. The van der Waals surface area contributed by atoms with Crippen molar-refractivity contribution in [2.24, 2.45) is 10.2 Å². The number of thiophene rings is 2. The van der Waals surface area contributed by atoms with Crippen molar-refractivity contribution in [2.75, 3.05) is 7.11 Å². The van der Waals surface area contributed by atoms with E-state index >= 15 is 0 Å². The largest absolute Gasteiger partial charge is 0.487 e. The average Bonchev–Trinajstić information content (AvgIpc) is 3.22. The van der Waals surface area contributed by atoms with Crippen molar-refractivity contribution >= 4 is 39.0 Å². The van der Waals surface area contributed by atoms with Crippen LogP contribution in [0.4, 0.5) is 16.4 Å². The molecule has 0 radical (unpaired) electrons. The first-order valence-corrected chi connectivity index (χ1v) is 8.19. The summed E-state index contributed by atoms with van der Waals surface area (Å²) in [7, 11) is 1.65. The van der Waals surface area contributed by atoms with E-state index in [9.17, 15) is 10.1 Å². The molecule has 3 aromatic rings. The van der Waals surface area contributed by atoms with Crippen LogP contribution in [0.15, 0.2) is 58.8 Å². The number of nitrogens with zero attached hydrogens (tertiary/aromatic N) is 3. The van der Waals surface area contributed by atoms with Gasteiger partial charge >= 0.3 is 0 Å². The van der Waals surface area contributed by atoms with Gasteiger partial charge in [-0.25, -0.2) is 0 Å². The smallest absolute Gasteiger partial charge is 0.269 e. The Morgan fingerprint density at radius 3 is 2.30 bits per heavy atom. The van der Waals surface area contributed by atoms with E-state index in [4.69, 9.17) is 4.74 Å². The number of non-ortho nitro benzene ring substituents is 1. The highest BCUT2D eigenvalue weighted by Gasteiger charge is 2.07. The van der Waals surface area contributed by atoms with Crippen LogP contribution >= 0.6 is 22.7 Å².